The number of rotatable bonds is 3. The van der Waals surface area contributed by atoms with Gasteiger partial charge in [-0.15, -0.1) is 0 Å². The SMILES string of the molecule is NNC(c1cc(Cl)ccc1F)c1cccnc1N. The Kier molecular flexibility index (Phi) is 3.76. The minimum absolute atomic E-state index is 0.292. The van der Waals surface area contributed by atoms with Crippen molar-refractivity contribution in [3.63, 3.8) is 0 Å². The van der Waals surface area contributed by atoms with Gasteiger partial charge in [0.25, 0.3) is 0 Å². The van der Waals surface area contributed by atoms with Gasteiger partial charge in [0.15, 0.2) is 0 Å². The average Bonchev–Trinajstić information content (AvgIpc) is 2.36. The van der Waals surface area contributed by atoms with Crippen molar-refractivity contribution in [2.75, 3.05) is 5.73 Å². The first-order valence-electron chi connectivity index (χ1n) is 5.25. The van der Waals surface area contributed by atoms with Crippen molar-refractivity contribution in [3.05, 3.63) is 58.5 Å². The van der Waals surface area contributed by atoms with E-state index in [9.17, 15) is 4.39 Å². The molecule has 6 heteroatoms. The molecule has 0 saturated carbocycles. The van der Waals surface area contributed by atoms with Crippen molar-refractivity contribution in [3.8, 4) is 0 Å². The van der Waals surface area contributed by atoms with E-state index in [0.29, 0.717) is 22.0 Å². The van der Waals surface area contributed by atoms with Crippen molar-refractivity contribution in [1.82, 2.24) is 10.4 Å². The fourth-order valence-corrected chi connectivity index (χ4v) is 1.94. The Morgan fingerprint density at radius 1 is 1.28 bits per heavy atom. The topological polar surface area (TPSA) is 77.0 Å². The Balaban J connectivity index is 2.52. The van der Waals surface area contributed by atoms with Crippen LogP contribution < -0.4 is 17.0 Å². The standard InChI is InChI=1S/C12H12ClFN4/c13-7-3-4-10(14)9(6-7)11(18-16)8-2-1-5-17-12(8)15/h1-6,11,18H,16H2,(H2,15,17). The fourth-order valence-electron chi connectivity index (χ4n) is 1.76. The van der Waals surface area contributed by atoms with Gasteiger partial charge in [-0.2, -0.15) is 0 Å². The normalized spacial score (nSPS) is 12.4. The molecule has 5 N–H and O–H groups in total. The average molecular weight is 267 g/mol. The molecule has 0 aliphatic rings. The molecule has 0 amide bonds. The van der Waals surface area contributed by atoms with E-state index >= 15 is 0 Å². The van der Waals surface area contributed by atoms with Crippen LogP contribution in [0.4, 0.5) is 10.2 Å². The van der Waals surface area contributed by atoms with Gasteiger partial charge in [-0.05, 0) is 24.3 Å². The Hall–Kier alpha value is -1.69. The zero-order chi connectivity index (χ0) is 13.1. The van der Waals surface area contributed by atoms with Crippen molar-refractivity contribution in [1.29, 1.82) is 0 Å². The summed E-state index contributed by atoms with van der Waals surface area (Å²) in [5, 5.41) is 0.425. The second-order valence-corrected chi connectivity index (χ2v) is 4.18. The third kappa shape index (κ3) is 2.43. The van der Waals surface area contributed by atoms with Gasteiger partial charge in [0.05, 0.1) is 6.04 Å². The van der Waals surface area contributed by atoms with E-state index in [0.717, 1.165) is 0 Å². The van der Waals surface area contributed by atoms with Crippen LogP contribution in [-0.2, 0) is 0 Å². The van der Waals surface area contributed by atoms with Gasteiger partial charge in [0.2, 0.25) is 0 Å². The van der Waals surface area contributed by atoms with E-state index in [1.54, 1.807) is 18.3 Å². The van der Waals surface area contributed by atoms with Crippen LogP contribution in [0, 0.1) is 5.82 Å². The number of benzene rings is 1. The van der Waals surface area contributed by atoms with Crippen LogP contribution in [-0.4, -0.2) is 4.98 Å². The van der Waals surface area contributed by atoms with E-state index in [2.05, 4.69) is 10.4 Å². The molecule has 18 heavy (non-hydrogen) atoms. The van der Waals surface area contributed by atoms with Crippen LogP contribution in [0.2, 0.25) is 5.02 Å². The summed E-state index contributed by atoms with van der Waals surface area (Å²) in [7, 11) is 0. The van der Waals surface area contributed by atoms with Crippen LogP contribution in [0.15, 0.2) is 36.5 Å². The van der Waals surface area contributed by atoms with Crippen LogP contribution in [0.1, 0.15) is 17.2 Å². The molecule has 1 aromatic heterocycles. The lowest BCUT2D eigenvalue weighted by Gasteiger charge is -2.18. The maximum Gasteiger partial charge on any atom is 0.128 e. The van der Waals surface area contributed by atoms with Gasteiger partial charge in [0, 0.05) is 22.3 Å². The molecule has 4 nitrogen and oxygen atoms in total. The minimum Gasteiger partial charge on any atom is -0.383 e. The molecule has 1 atom stereocenters. The zero-order valence-corrected chi connectivity index (χ0v) is 10.2. The number of nitrogens with zero attached hydrogens (tertiary/aromatic N) is 1. The third-order valence-electron chi connectivity index (χ3n) is 2.62. The molecule has 0 aliphatic heterocycles. The van der Waals surface area contributed by atoms with Crippen molar-refractivity contribution >= 4 is 17.4 Å². The highest BCUT2D eigenvalue weighted by molar-refractivity contribution is 6.30. The number of hydrogen-bond donors (Lipinski definition) is 3. The lowest BCUT2D eigenvalue weighted by Crippen LogP contribution is -2.30. The van der Waals surface area contributed by atoms with Crippen LogP contribution >= 0.6 is 11.6 Å². The van der Waals surface area contributed by atoms with E-state index in [-0.39, 0.29) is 0 Å². The second-order valence-electron chi connectivity index (χ2n) is 3.74. The molecule has 1 aromatic carbocycles. The monoisotopic (exact) mass is 266 g/mol. The lowest BCUT2D eigenvalue weighted by molar-refractivity contribution is 0.560. The second kappa shape index (κ2) is 5.30. The van der Waals surface area contributed by atoms with Gasteiger partial charge in [0.1, 0.15) is 11.6 Å². The van der Waals surface area contributed by atoms with E-state index in [1.165, 1.54) is 18.2 Å². The Labute approximate surface area is 109 Å². The Bertz CT molecular complexity index is 562. The summed E-state index contributed by atoms with van der Waals surface area (Å²) in [6, 6.07) is 7.10. The molecule has 2 aromatic rings. The quantitative estimate of drug-likeness (QED) is 0.587. The van der Waals surface area contributed by atoms with Gasteiger partial charge in [-0.3, -0.25) is 5.84 Å². The predicted molar refractivity (Wildman–Crippen MR) is 69.2 cm³/mol. The highest BCUT2D eigenvalue weighted by Gasteiger charge is 2.19. The third-order valence-corrected chi connectivity index (χ3v) is 2.85. The summed E-state index contributed by atoms with van der Waals surface area (Å²) in [6.07, 6.45) is 1.56. The van der Waals surface area contributed by atoms with E-state index < -0.39 is 11.9 Å². The first-order chi connectivity index (χ1) is 8.63. The molecule has 0 aliphatic carbocycles. The van der Waals surface area contributed by atoms with Crippen molar-refractivity contribution in [2.24, 2.45) is 5.84 Å². The van der Waals surface area contributed by atoms with Crippen LogP contribution in [0.5, 0.6) is 0 Å². The molecule has 0 spiro atoms. The van der Waals surface area contributed by atoms with Gasteiger partial charge in [-0.1, -0.05) is 17.7 Å². The van der Waals surface area contributed by atoms with Gasteiger partial charge in [-0.25, -0.2) is 14.8 Å². The maximum absolute atomic E-state index is 13.8. The largest absolute Gasteiger partial charge is 0.383 e. The minimum atomic E-state index is -0.600. The zero-order valence-electron chi connectivity index (χ0n) is 9.40. The lowest BCUT2D eigenvalue weighted by atomic mass is 9.99. The number of hydrazine groups is 1. The summed E-state index contributed by atoms with van der Waals surface area (Å²) in [5.41, 5.74) is 9.21. The van der Waals surface area contributed by atoms with Crippen LogP contribution in [0.3, 0.4) is 0 Å². The maximum atomic E-state index is 13.8. The summed E-state index contributed by atoms with van der Waals surface area (Å²) in [5.74, 6) is 5.36. The number of halogens is 2. The number of nitrogens with one attached hydrogen (secondary N) is 1. The van der Waals surface area contributed by atoms with Crippen molar-refractivity contribution in [2.45, 2.75) is 6.04 Å². The van der Waals surface area contributed by atoms with E-state index in [1.807, 2.05) is 0 Å². The summed E-state index contributed by atoms with van der Waals surface area (Å²) in [4.78, 5) is 3.95. The van der Waals surface area contributed by atoms with Gasteiger partial charge < -0.3 is 5.73 Å². The molecule has 1 unspecified atom stereocenters. The summed E-state index contributed by atoms with van der Waals surface area (Å²) >= 11 is 5.86. The molecule has 2 rings (SSSR count). The molecular weight excluding hydrogens is 255 g/mol. The highest BCUT2D eigenvalue weighted by Crippen LogP contribution is 2.28. The Morgan fingerprint density at radius 3 is 2.72 bits per heavy atom. The first-order valence-corrected chi connectivity index (χ1v) is 5.62. The molecule has 94 valence electrons. The number of nitrogens with two attached hydrogens (primary N) is 2. The first kappa shape index (κ1) is 12.8. The summed E-state index contributed by atoms with van der Waals surface area (Å²) < 4.78 is 13.8. The van der Waals surface area contributed by atoms with Crippen LogP contribution in [0.25, 0.3) is 0 Å². The predicted octanol–water partition coefficient (Wildman–Crippen LogP) is 2.01. The molecule has 0 bridgehead atoms. The molecule has 0 radical (unpaired) electrons. The smallest absolute Gasteiger partial charge is 0.128 e. The number of anilines is 1. The van der Waals surface area contributed by atoms with Crippen molar-refractivity contribution < 1.29 is 4.39 Å². The summed E-state index contributed by atoms with van der Waals surface area (Å²) in [6.45, 7) is 0. The van der Waals surface area contributed by atoms with E-state index in [4.69, 9.17) is 23.2 Å². The fraction of sp³-hybridized carbons (Fsp3) is 0.0833. The molecule has 0 fully saturated rings. The number of hydrogen-bond acceptors (Lipinski definition) is 4. The highest BCUT2D eigenvalue weighted by atomic mass is 35.5. The Morgan fingerprint density at radius 2 is 2.06 bits per heavy atom. The molecular formula is C12H12ClFN4. The molecule has 1 heterocycles. The number of nitrogen functional groups attached to an aromatic ring is 1. The number of pyridine rings is 1. The van der Waals surface area contributed by atoms with Gasteiger partial charge >= 0.3 is 0 Å². The number of aromatic nitrogens is 1. The molecule has 0 saturated heterocycles.